The molecule has 2 aromatic carbocycles. The molecule has 0 saturated carbocycles. The topological polar surface area (TPSA) is 295 Å². The number of anilines is 1. The molecule has 2 aromatic heterocycles. The lowest BCUT2D eigenvalue weighted by atomic mass is 10.0. The summed E-state index contributed by atoms with van der Waals surface area (Å²) in [5.74, 6) is -0.313. The average molecular weight is 1280 g/mol. The van der Waals surface area contributed by atoms with E-state index in [1.54, 1.807) is 0 Å². The molecule has 89 heavy (non-hydrogen) atoms. The van der Waals surface area contributed by atoms with E-state index in [1.807, 2.05) is 30.3 Å². The summed E-state index contributed by atoms with van der Waals surface area (Å²) >= 11 is 6.71. The number of unbranched alkanes of at least 4 members (excludes halogenated alkanes) is 13. The number of amides is 3. The van der Waals surface area contributed by atoms with Crippen LogP contribution < -0.4 is 32.3 Å². The third-order valence-corrected chi connectivity index (χ3v) is 16.2. The van der Waals surface area contributed by atoms with Crippen LogP contribution in [-0.4, -0.2) is 164 Å². The summed E-state index contributed by atoms with van der Waals surface area (Å²) in [7, 11) is 1.15. The Kier molecular flexibility index (Phi) is 39.6. The van der Waals surface area contributed by atoms with E-state index in [2.05, 4.69) is 68.2 Å². The second-order valence-corrected chi connectivity index (χ2v) is 23.5. The number of thiocarbonyl (C=S) groups is 1. The Morgan fingerprint density at radius 2 is 1.27 bits per heavy atom. The number of nitrogens with two attached hydrogens (primary N) is 1. The number of carbonyl (C=O) groups is 6. The van der Waals surface area contributed by atoms with Crippen LogP contribution >= 0.6 is 24.0 Å². The molecule has 4 rings (SSSR count). The molecular formula is C65H101N9O13S2. The first-order valence-electron chi connectivity index (χ1n) is 32.1. The highest BCUT2D eigenvalue weighted by Gasteiger charge is 2.27. The van der Waals surface area contributed by atoms with E-state index in [0.29, 0.717) is 97.4 Å². The Morgan fingerprint density at radius 1 is 0.674 bits per heavy atom. The van der Waals surface area contributed by atoms with Crippen LogP contribution in [0.5, 0.6) is 0 Å². The molecule has 22 nitrogen and oxygen atoms in total. The quantitative estimate of drug-likeness (QED) is 0.00723. The molecule has 0 aliphatic rings. The zero-order valence-corrected chi connectivity index (χ0v) is 54.6. The SMILES string of the molecule is CCCCCCCCCCCCCCCC(=O)OC[C@H](CSC[C@H](NC(=S)NCCCOCCOCCOCCCNC(=O)CCCC(=O)NCc1ccc(Cn2c(CCCC)nc3c(N)nc4ccccc4c32)cc1)C(=O)N[C@@H](CO)C(=O)OC)OC=O. The number of carbonyl (C=O) groups excluding carboxylic acids is 6. The van der Waals surface area contributed by atoms with Gasteiger partial charge in [0, 0.05) is 82.0 Å². The minimum absolute atomic E-state index is 0.109. The molecule has 0 unspecified atom stereocenters. The Balaban J connectivity index is 0.990. The number of benzene rings is 2. The van der Waals surface area contributed by atoms with Gasteiger partial charge in [0.05, 0.1) is 51.2 Å². The van der Waals surface area contributed by atoms with Crippen molar-refractivity contribution in [2.45, 2.75) is 186 Å². The number of thioether (sulfide) groups is 1. The van der Waals surface area contributed by atoms with E-state index in [0.717, 1.165) is 90.9 Å². The van der Waals surface area contributed by atoms with Crippen LogP contribution in [-0.2, 0) is 76.7 Å². The van der Waals surface area contributed by atoms with Gasteiger partial charge in [0.25, 0.3) is 6.47 Å². The van der Waals surface area contributed by atoms with Crippen LogP contribution in [0.3, 0.4) is 0 Å². The summed E-state index contributed by atoms with van der Waals surface area (Å²) in [5.41, 5.74) is 11.0. The molecule has 24 heteroatoms. The number of aliphatic hydroxyl groups excluding tert-OH is 1. The summed E-state index contributed by atoms with van der Waals surface area (Å²) in [6, 6.07) is 13.9. The van der Waals surface area contributed by atoms with E-state index < -0.39 is 36.7 Å². The molecule has 0 bridgehead atoms. The van der Waals surface area contributed by atoms with E-state index in [4.69, 9.17) is 51.4 Å². The number of hydrogen-bond donors (Lipinski definition) is 7. The number of aryl methyl sites for hydroxylation is 1. The number of imidazole rings is 1. The number of ether oxygens (including phenoxy) is 6. The molecule has 0 aliphatic carbocycles. The number of nitrogens with one attached hydrogen (secondary N) is 5. The first-order chi connectivity index (χ1) is 43.4. The fourth-order valence-electron chi connectivity index (χ4n) is 9.71. The monoisotopic (exact) mass is 1280 g/mol. The highest BCUT2D eigenvalue weighted by atomic mass is 32.2. The third-order valence-electron chi connectivity index (χ3n) is 14.7. The number of fused-ring (bicyclic) bond motifs is 3. The Hall–Kier alpha value is -6.18. The van der Waals surface area contributed by atoms with Crippen molar-refractivity contribution in [1.82, 2.24) is 41.1 Å². The Bertz CT molecular complexity index is 2680. The predicted molar refractivity (Wildman–Crippen MR) is 352 cm³/mol. The molecule has 0 fully saturated rings. The fraction of sp³-hybridized carbons (Fsp3) is 0.646. The van der Waals surface area contributed by atoms with Crippen LogP contribution in [0, 0.1) is 0 Å². The van der Waals surface area contributed by atoms with Gasteiger partial charge in [0.15, 0.2) is 17.0 Å². The van der Waals surface area contributed by atoms with Crippen molar-refractivity contribution in [2.75, 3.05) is 90.3 Å². The lowest BCUT2D eigenvalue weighted by Crippen LogP contribution is -2.55. The predicted octanol–water partition coefficient (Wildman–Crippen LogP) is 8.07. The second-order valence-electron chi connectivity index (χ2n) is 22.1. The molecule has 0 radical (unpaired) electrons. The minimum atomic E-state index is -1.30. The van der Waals surface area contributed by atoms with E-state index >= 15 is 0 Å². The van der Waals surface area contributed by atoms with E-state index in [9.17, 15) is 33.9 Å². The van der Waals surface area contributed by atoms with Gasteiger partial charge in [-0.25, -0.2) is 14.8 Å². The lowest BCUT2D eigenvalue weighted by molar-refractivity contribution is -0.151. The van der Waals surface area contributed by atoms with E-state index in [-0.39, 0.29) is 60.3 Å². The van der Waals surface area contributed by atoms with Crippen molar-refractivity contribution in [3.8, 4) is 0 Å². The van der Waals surface area contributed by atoms with Crippen molar-refractivity contribution in [3.05, 3.63) is 65.5 Å². The van der Waals surface area contributed by atoms with Gasteiger partial charge in [-0.1, -0.05) is 140 Å². The fourth-order valence-corrected chi connectivity index (χ4v) is 11.0. The normalized spacial score (nSPS) is 12.3. The van der Waals surface area contributed by atoms with Crippen LogP contribution in [0.25, 0.3) is 21.9 Å². The highest BCUT2D eigenvalue weighted by Crippen LogP contribution is 2.30. The molecule has 496 valence electrons. The summed E-state index contributed by atoms with van der Waals surface area (Å²) in [5, 5.41) is 25.2. The van der Waals surface area contributed by atoms with Gasteiger partial charge in [0.2, 0.25) is 17.7 Å². The molecule has 8 N–H and O–H groups in total. The van der Waals surface area contributed by atoms with Crippen molar-refractivity contribution < 1.29 is 62.3 Å². The van der Waals surface area contributed by atoms with Gasteiger partial charge < -0.3 is 70.4 Å². The van der Waals surface area contributed by atoms with Crippen LogP contribution in [0.15, 0.2) is 48.5 Å². The van der Waals surface area contributed by atoms with Gasteiger partial charge >= 0.3 is 11.9 Å². The maximum absolute atomic E-state index is 13.3. The minimum Gasteiger partial charge on any atom is -0.467 e. The molecule has 0 aliphatic heterocycles. The van der Waals surface area contributed by atoms with Crippen molar-refractivity contribution in [1.29, 1.82) is 0 Å². The highest BCUT2D eigenvalue weighted by molar-refractivity contribution is 7.99. The number of aromatic nitrogens is 3. The number of esters is 2. The maximum atomic E-state index is 13.3. The number of rotatable bonds is 52. The van der Waals surface area contributed by atoms with Crippen LogP contribution in [0.4, 0.5) is 5.82 Å². The number of para-hydroxylation sites is 1. The van der Waals surface area contributed by atoms with Gasteiger partial charge in [-0.3, -0.25) is 24.0 Å². The lowest BCUT2D eigenvalue weighted by Gasteiger charge is -2.23. The maximum Gasteiger partial charge on any atom is 0.330 e. The van der Waals surface area contributed by atoms with Crippen LogP contribution in [0.2, 0.25) is 0 Å². The van der Waals surface area contributed by atoms with Crippen molar-refractivity contribution in [3.63, 3.8) is 0 Å². The zero-order valence-electron chi connectivity index (χ0n) is 53.0. The molecule has 0 saturated heterocycles. The summed E-state index contributed by atoms with van der Waals surface area (Å²) in [6.07, 6.45) is 20.2. The second kappa shape index (κ2) is 46.8. The summed E-state index contributed by atoms with van der Waals surface area (Å²) < 4.78 is 34.5. The van der Waals surface area contributed by atoms with Crippen LogP contribution in [0.1, 0.15) is 166 Å². The third kappa shape index (κ3) is 31.4. The van der Waals surface area contributed by atoms with Gasteiger partial charge in [-0.15, -0.1) is 0 Å². The largest absolute Gasteiger partial charge is 0.467 e. The van der Waals surface area contributed by atoms with Gasteiger partial charge in [0.1, 0.15) is 30.1 Å². The molecule has 2 heterocycles. The molecule has 4 aromatic rings. The number of hydrogen-bond acceptors (Lipinski definition) is 18. The number of pyridine rings is 1. The number of nitrogens with zero attached hydrogens (tertiary/aromatic N) is 3. The van der Waals surface area contributed by atoms with Gasteiger partial charge in [-0.05, 0) is 61.5 Å². The van der Waals surface area contributed by atoms with Gasteiger partial charge in [-0.2, -0.15) is 11.8 Å². The standard InChI is InChI=1S/C65H101N9O13S2/c1-4-6-8-9-10-11-12-13-14-15-16-17-18-29-59(79)86-45-51(87-48-76)46-89-47-55(63(80)71-54(44-75)64(81)82-3)72-65(88)68-35-23-37-84-39-41-85-40-38-83-36-22-34-67-57(77)27-21-28-58(78)69-42-49-30-32-50(33-31-49)43-74-56(26-7-5-2)73-60-61(74)52-24-19-20-25-53(52)70-62(60)66/h19-20,24-25,30-33,48,51,54-55,75H,4-18,21-23,26-29,34-47H2,1-3H3,(H2,66,70)(H,67,77)(H,69,78)(H,71,80)(H2,68,72,88)/t51-,54+,55+/m1/s1. The number of methoxy groups -OCH3 is 1. The molecule has 3 amide bonds. The Morgan fingerprint density at radius 3 is 1.90 bits per heavy atom. The Labute approximate surface area is 536 Å². The average Bonchev–Trinajstić information content (AvgIpc) is 1.66. The number of nitrogen functional groups attached to an aromatic ring is 1. The first-order valence-corrected chi connectivity index (χ1v) is 33.7. The smallest absolute Gasteiger partial charge is 0.330 e. The van der Waals surface area contributed by atoms with Crippen molar-refractivity contribution in [2.24, 2.45) is 0 Å². The molecule has 3 atom stereocenters. The summed E-state index contributed by atoms with van der Waals surface area (Å²) in [4.78, 5) is 83.8. The van der Waals surface area contributed by atoms with Crippen molar-refractivity contribution >= 4 is 93.0 Å². The number of aliphatic hydroxyl groups is 1. The summed E-state index contributed by atoms with van der Waals surface area (Å²) in [6.45, 7) is 8.13. The zero-order chi connectivity index (χ0) is 64.1. The molecular weight excluding hydrogens is 1180 g/mol. The van der Waals surface area contributed by atoms with E-state index in [1.165, 1.54) is 69.5 Å². The molecule has 0 spiro atoms. The first kappa shape index (κ1) is 75.3.